The van der Waals surface area contributed by atoms with Gasteiger partial charge in [0.2, 0.25) is 5.91 Å². The SMILES string of the molecule is O=C(O)C1CCCCC1C(=O)Nc1nc(-c2ccc(-c3ccccc3)cc2)cs1. The summed E-state index contributed by atoms with van der Waals surface area (Å²) in [6.07, 6.45) is 2.92. The quantitative estimate of drug-likeness (QED) is 0.602. The first-order chi connectivity index (χ1) is 14.1. The fraction of sp³-hybridized carbons (Fsp3) is 0.261. The van der Waals surface area contributed by atoms with Crippen LogP contribution < -0.4 is 5.32 Å². The Balaban J connectivity index is 1.45. The highest BCUT2D eigenvalue weighted by atomic mass is 32.1. The van der Waals surface area contributed by atoms with Crippen molar-refractivity contribution in [2.24, 2.45) is 11.8 Å². The average Bonchev–Trinajstić information content (AvgIpc) is 3.23. The summed E-state index contributed by atoms with van der Waals surface area (Å²) in [4.78, 5) is 28.6. The molecule has 1 amide bonds. The zero-order valence-corrected chi connectivity index (χ0v) is 16.7. The molecule has 1 aliphatic carbocycles. The van der Waals surface area contributed by atoms with E-state index in [9.17, 15) is 14.7 Å². The van der Waals surface area contributed by atoms with Crippen LogP contribution in [-0.2, 0) is 9.59 Å². The summed E-state index contributed by atoms with van der Waals surface area (Å²) in [5.74, 6) is -2.21. The van der Waals surface area contributed by atoms with E-state index in [4.69, 9.17) is 0 Å². The van der Waals surface area contributed by atoms with Gasteiger partial charge >= 0.3 is 5.97 Å². The number of carbonyl (C=O) groups excluding carboxylic acids is 1. The molecule has 2 unspecified atom stereocenters. The number of hydrogen-bond acceptors (Lipinski definition) is 4. The monoisotopic (exact) mass is 406 g/mol. The van der Waals surface area contributed by atoms with Crippen LogP contribution in [0.25, 0.3) is 22.4 Å². The maximum atomic E-state index is 12.6. The summed E-state index contributed by atoms with van der Waals surface area (Å²) in [7, 11) is 0. The number of benzene rings is 2. The number of carbonyl (C=O) groups is 2. The molecule has 2 aromatic carbocycles. The Kier molecular flexibility index (Phi) is 5.71. The molecular formula is C23H22N2O3S. The van der Waals surface area contributed by atoms with Crippen molar-refractivity contribution in [1.82, 2.24) is 4.98 Å². The first-order valence-corrected chi connectivity index (χ1v) is 10.6. The lowest BCUT2D eigenvalue weighted by Gasteiger charge is -2.26. The Morgan fingerprint density at radius 1 is 0.897 bits per heavy atom. The molecule has 1 fully saturated rings. The summed E-state index contributed by atoms with van der Waals surface area (Å²) in [5, 5.41) is 14.6. The third kappa shape index (κ3) is 4.38. The van der Waals surface area contributed by atoms with E-state index in [0.29, 0.717) is 18.0 Å². The van der Waals surface area contributed by atoms with Crippen LogP contribution in [0.1, 0.15) is 25.7 Å². The first-order valence-electron chi connectivity index (χ1n) is 9.77. The lowest BCUT2D eigenvalue weighted by Crippen LogP contribution is -2.36. The molecule has 0 spiro atoms. The van der Waals surface area contributed by atoms with Gasteiger partial charge in [-0.1, -0.05) is 67.4 Å². The summed E-state index contributed by atoms with van der Waals surface area (Å²) < 4.78 is 0. The maximum Gasteiger partial charge on any atom is 0.307 e. The number of thiazole rings is 1. The summed E-state index contributed by atoms with van der Waals surface area (Å²) in [5.41, 5.74) is 4.06. The number of aromatic nitrogens is 1. The van der Waals surface area contributed by atoms with E-state index in [1.807, 2.05) is 35.7 Å². The molecule has 0 radical (unpaired) electrons. The van der Waals surface area contributed by atoms with Gasteiger partial charge in [-0.25, -0.2) is 4.98 Å². The van der Waals surface area contributed by atoms with Gasteiger partial charge in [-0.3, -0.25) is 9.59 Å². The first kappa shape index (κ1) is 19.3. The predicted octanol–water partition coefficient (Wildman–Crippen LogP) is 5.31. The van der Waals surface area contributed by atoms with Crippen LogP contribution in [-0.4, -0.2) is 22.0 Å². The van der Waals surface area contributed by atoms with Crippen molar-refractivity contribution in [3.8, 4) is 22.4 Å². The molecule has 2 atom stereocenters. The number of rotatable bonds is 5. The fourth-order valence-electron chi connectivity index (χ4n) is 3.87. The average molecular weight is 407 g/mol. The molecule has 4 rings (SSSR count). The van der Waals surface area contributed by atoms with Gasteiger partial charge in [0.15, 0.2) is 5.13 Å². The highest BCUT2D eigenvalue weighted by molar-refractivity contribution is 7.14. The minimum atomic E-state index is -0.886. The third-order valence-corrected chi connectivity index (χ3v) is 6.20. The van der Waals surface area contributed by atoms with E-state index >= 15 is 0 Å². The van der Waals surface area contributed by atoms with Gasteiger partial charge in [0.1, 0.15) is 0 Å². The standard InChI is InChI=1S/C23H22N2O3S/c26-21(18-8-4-5-9-19(18)22(27)28)25-23-24-20(14-29-23)17-12-10-16(11-13-17)15-6-2-1-3-7-15/h1-3,6-7,10-14,18-19H,4-5,8-9H2,(H,27,28)(H,24,25,26). The van der Waals surface area contributed by atoms with Gasteiger partial charge in [-0.05, 0) is 24.0 Å². The minimum Gasteiger partial charge on any atom is -0.481 e. The van der Waals surface area contributed by atoms with Gasteiger partial charge in [0.25, 0.3) is 0 Å². The second-order valence-corrected chi connectivity index (χ2v) is 8.16. The van der Waals surface area contributed by atoms with Gasteiger partial charge in [-0.2, -0.15) is 0 Å². The van der Waals surface area contributed by atoms with Crippen LogP contribution in [0.4, 0.5) is 5.13 Å². The van der Waals surface area contributed by atoms with Gasteiger partial charge in [-0.15, -0.1) is 11.3 Å². The van der Waals surface area contributed by atoms with E-state index in [1.165, 1.54) is 11.3 Å². The van der Waals surface area contributed by atoms with E-state index in [2.05, 4.69) is 34.6 Å². The van der Waals surface area contributed by atoms with Crippen molar-refractivity contribution < 1.29 is 14.7 Å². The molecular weight excluding hydrogens is 384 g/mol. The van der Waals surface area contributed by atoms with Gasteiger partial charge in [0, 0.05) is 10.9 Å². The molecule has 1 aliphatic rings. The summed E-state index contributed by atoms with van der Waals surface area (Å²) in [6, 6.07) is 18.3. The predicted molar refractivity (Wildman–Crippen MR) is 115 cm³/mol. The van der Waals surface area contributed by atoms with E-state index < -0.39 is 17.8 Å². The molecule has 5 nitrogen and oxygen atoms in total. The van der Waals surface area contributed by atoms with Gasteiger partial charge < -0.3 is 10.4 Å². The van der Waals surface area contributed by atoms with Crippen molar-refractivity contribution >= 4 is 28.3 Å². The van der Waals surface area contributed by atoms with Crippen LogP contribution in [0, 0.1) is 11.8 Å². The normalized spacial score (nSPS) is 18.9. The molecule has 2 N–H and O–H groups in total. The van der Waals surface area contributed by atoms with E-state index in [1.54, 1.807) is 0 Å². The summed E-state index contributed by atoms with van der Waals surface area (Å²) >= 11 is 1.36. The minimum absolute atomic E-state index is 0.238. The maximum absolute atomic E-state index is 12.6. The third-order valence-electron chi connectivity index (χ3n) is 5.44. The Morgan fingerprint density at radius 3 is 2.21 bits per heavy atom. The smallest absolute Gasteiger partial charge is 0.307 e. The zero-order valence-electron chi connectivity index (χ0n) is 15.9. The number of aliphatic carboxylic acids is 1. The van der Waals surface area contributed by atoms with Crippen LogP contribution in [0.2, 0.25) is 0 Å². The Morgan fingerprint density at radius 2 is 1.52 bits per heavy atom. The number of nitrogens with one attached hydrogen (secondary N) is 1. The lowest BCUT2D eigenvalue weighted by molar-refractivity contribution is -0.147. The second kappa shape index (κ2) is 8.57. The van der Waals surface area contributed by atoms with E-state index in [-0.39, 0.29) is 5.91 Å². The van der Waals surface area contributed by atoms with Crippen LogP contribution in [0.5, 0.6) is 0 Å². The highest BCUT2D eigenvalue weighted by Crippen LogP contribution is 2.32. The molecule has 0 saturated heterocycles. The largest absolute Gasteiger partial charge is 0.481 e. The van der Waals surface area contributed by atoms with Crippen LogP contribution >= 0.6 is 11.3 Å². The topological polar surface area (TPSA) is 79.3 Å². The van der Waals surface area contributed by atoms with Crippen molar-refractivity contribution in [3.63, 3.8) is 0 Å². The lowest BCUT2D eigenvalue weighted by atomic mass is 9.79. The Labute approximate surface area is 173 Å². The Hall–Kier alpha value is -2.99. The van der Waals surface area contributed by atoms with Crippen molar-refractivity contribution in [2.75, 3.05) is 5.32 Å². The number of nitrogens with zero attached hydrogens (tertiary/aromatic N) is 1. The molecule has 3 aromatic rings. The van der Waals surface area contributed by atoms with Crippen molar-refractivity contribution in [1.29, 1.82) is 0 Å². The van der Waals surface area contributed by atoms with Crippen molar-refractivity contribution in [3.05, 3.63) is 60.0 Å². The molecule has 6 heteroatoms. The fourth-order valence-corrected chi connectivity index (χ4v) is 4.59. The van der Waals surface area contributed by atoms with Crippen molar-refractivity contribution in [2.45, 2.75) is 25.7 Å². The number of anilines is 1. The number of amides is 1. The molecule has 1 aromatic heterocycles. The molecule has 148 valence electrons. The van der Waals surface area contributed by atoms with E-state index in [0.717, 1.165) is 35.2 Å². The number of carboxylic acids is 1. The molecule has 29 heavy (non-hydrogen) atoms. The van der Waals surface area contributed by atoms with Crippen LogP contribution in [0.15, 0.2) is 60.0 Å². The number of carboxylic acid groups (broad SMARTS) is 1. The van der Waals surface area contributed by atoms with Gasteiger partial charge in [0.05, 0.1) is 17.5 Å². The highest BCUT2D eigenvalue weighted by Gasteiger charge is 2.35. The molecule has 1 saturated carbocycles. The molecule has 1 heterocycles. The molecule has 0 aliphatic heterocycles. The second-order valence-electron chi connectivity index (χ2n) is 7.31. The number of hydrogen-bond donors (Lipinski definition) is 2. The van der Waals surface area contributed by atoms with Crippen LogP contribution in [0.3, 0.4) is 0 Å². The molecule has 0 bridgehead atoms. The summed E-state index contributed by atoms with van der Waals surface area (Å²) in [6.45, 7) is 0. The zero-order chi connectivity index (χ0) is 20.2. The Bertz CT molecular complexity index is 998.